The summed E-state index contributed by atoms with van der Waals surface area (Å²) < 4.78 is 21.8. The Morgan fingerprint density at radius 2 is 1.93 bits per heavy atom. The molecule has 0 aromatic heterocycles. The molecule has 1 saturated heterocycles. The largest absolute Gasteiger partial charge is 0.496 e. The average molecular weight is 395 g/mol. The normalized spacial score (nSPS) is 17.3. The molecule has 0 saturated carbocycles. The third-order valence-electron chi connectivity index (χ3n) is 5.55. The molecule has 0 unspecified atom stereocenters. The van der Waals surface area contributed by atoms with Gasteiger partial charge in [0, 0.05) is 36.8 Å². The molecule has 0 atom stereocenters. The molecule has 2 heterocycles. The Balaban J connectivity index is 1.45. The van der Waals surface area contributed by atoms with Crippen LogP contribution in [0.4, 0.5) is 0 Å². The standard InChI is InChI=1S/C23H25NO5/c1-26-19-5-3-2-4-18(19)23(10-12-27-13-11-23)15-24-22(25)9-7-17-6-8-20-21(14-17)29-16-28-20/h2-9,14H,10-13,15-16H2,1H3,(H,24,25)/b9-7+. The monoisotopic (exact) mass is 395 g/mol. The van der Waals surface area contributed by atoms with Crippen LogP contribution in [-0.4, -0.2) is 39.6 Å². The molecule has 1 N–H and O–H groups in total. The minimum absolute atomic E-state index is 0.136. The van der Waals surface area contributed by atoms with E-state index in [1.54, 1.807) is 19.3 Å². The zero-order valence-electron chi connectivity index (χ0n) is 16.5. The van der Waals surface area contributed by atoms with Crippen LogP contribution in [0.1, 0.15) is 24.0 Å². The van der Waals surface area contributed by atoms with Gasteiger partial charge in [0.25, 0.3) is 0 Å². The fourth-order valence-electron chi connectivity index (χ4n) is 3.89. The van der Waals surface area contributed by atoms with Crippen LogP contribution in [0.5, 0.6) is 17.2 Å². The van der Waals surface area contributed by atoms with E-state index in [9.17, 15) is 4.79 Å². The Hall–Kier alpha value is -2.99. The van der Waals surface area contributed by atoms with Crippen molar-refractivity contribution in [1.82, 2.24) is 5.32 Å². The third-order valence-corrected chi connectivity index (χ3v) is 5.55. The van der Waals surface area contributed by atoms with Gasteiger partial charge in [-0.1, -0.05) is 24.3 Å². The highest BCUT2D eigenvalue weighted by molar-refractivity contribution is 5.91. The van der Waals surface area contributed by atoms with Crippen LogP contribution in [-0.2, 0) is 14.9 Å². The number of hydrogen-bond acceptors (Lipinski definition) is 5. The maximum Gasteiger partial charge on any atom is 0.244 e. The number of amides is 1. The number of para-hydroxylation sites is 1. The van der Waals surface area contributed by atoms with E-state index in [-0.39, 0.29) is 18.1 Å². The predicted molar refractivity (Wildman–Crippen MR) is 109 cm³/mol. The molecule has 29 heavy (non-hydrogen) atoms. The lowest BCUT2D eigenvalue weighted by Crippen LogP contribution is -2.44. The molecule has 2 aromatic carbocycles. The molecular formula is C23H25NO5. The van der Waals surface area contributed by atoms with Crippen LogP contribution in [0.15, 0.2) is 48.5 Å². The number of fused-ring (bicyclic) bond motifs is 1. The van der Waals surface area contributed by atoms with Crippen molar-refractivity contribution in [1.29, 1.82) is 0 Å². The zero-order chi connectivity index (χ0) is 20.1. The number of carbonyl (C=O) groups excluding carboxylic acids is 1. The number of ether oxygens (including phenoxy) is 4. The average Bonchev–Trinajstić information content (AvgIpc) is 3.25. The molecule has 6 heteroatoms. The van der Waals surface area contributed by atoms with Crippen LogP contribution < -0.4 is 19.5 Å². The van der Waals surface area contributed by atoms with Gasteiger partial charge in [-0.3, -0.25) is 4.79 Å². The summed E-state index contributed by atoms with van der Waals surface area (Å²) in [5.41, 5.74) is 1.80. The van der Waals surface area contributed by atoms with Crippen molar-refractivity contribution in [3.8, 4) is 17.2 Å². The number of hydrogen-bond donors (Lipinski definition) is 1. The van der Waals surface area contributed by atoms with Gasteiger partial charge in [0.1, 0.15) is 5.75 Å². The van der Waals surface area contributed by atoms with Crippen molar-refractivity contribution in [3.63, 3.8) is 0 Å². The first-order chi connectivity index (χ1) is 14.2. The summed E-state index contributed by atoms with van der Waals surface area (Å²) in [7, 11) is 1.68. The molecule has 152 valence electrons. The van der Waals surface area contributed by atoms with Crippen molar-refractivity contribution in [2.75, 3.05) is 33.7 Å². The van der Waals surface area contributed by atoms with Crippen molar-refractivity contribution in [3.05, 3.63) is 59.7 Å². The van der Waals surface area contributed by atoms with E-state index in [4.69, 9.17) is 18.9 Å². The SMILES string of the molecule is COc1ccccc1C1(CNC(=O)/C=C/c2ccc3c(c2)OCO3)CCOCC1. The highest BCUT2D eigenvalue weighted by atomic mass is 16.7. The molecule has 0 radical (unpaired) electrons. The topological polar surface area (TPSA) is 66.0 Å². The number of nitrogens with one attached hydrogen (secondary N) is 1. The van der Waals surface area contributed by atoms with Gasteiger partial charge in [-0.25, -0.2) is 0 Å². The summed E-state index contributed by atoms with van der Waals surface area (Å²) in [6, 6.07) is 13.6. The lowest BCUT2D eigenvalue weighted by molar-refractivity contribution is -0.116. The molecule has 2 aromatic rings. The maximum absolute atomic E-state index is 12.5. The highest BCUT2D eigenvalue weighted by Crippen LogP contribution is 2.39. The first kappa shape index (κ1) is 19.3. The van der Waals surface area contributed by atoms with Crippen LogP contribution in [0.2, 0.25) is 0 Å². The van der Waals surface area contributed by atoms with Gasteiger partial charge in [0.05, 0.1) is 7.11 Å². The Morgan fingerprint density at radius 3 is 2.76 bits per heavy atom. The second-order valence-electron chi connectivity index (χ2n) is 7.26. The Labute approximate surface area is 170 Å². The molecule has 1 fully saturated rings. The number of benzene rings is 2. The van der Waals surface area contributed by atoms with Crippen LogP contribution in [0, 0.1) is 0 Å². The summed E-state index contributed by atoms with van der Waals surface area (Å²) in [5, 5.41) is 3.07. The number of rotatable bonds is 6. The van der Waals surface area contributed by atoms with E-state index >= 15 is 0 Å². The van der Waals surface area contributed by atoms with Crippen molar-refractivity contribution in [2.45, 2.75) is 18.3 Å². The minimum Gasteiger partial charge on any atom is -0.496 e. The molecule has 0 spiro atoms. The van der Waals surface area contributed by atoms with E-state index in [2.05, 4.69) is 11.4 Å². The second-order valence-corrected chi connectivity index (χ2v) is 7.26. The molecule has 2 aliphatic rings. The summed E-state index contributed by atoms with van der Waals surface area (Å²) in [6.07, 6.45) is 4.99. The van der Waals surface area contributed by atoms with Gasteiger partial charge in [-0.15, -0.1) is 0 Å². The van der Waals surface area contributed by atoms with E-state index in [0.717, 1.165) is 35.5 Å². The first-order valence-electron chi connectivity index (χ1n) is 9.77. The second kappa shape index (κ2) is 8.57. The first-order valence-corrected chi connectivity index (χ1v) is 9.77. The number of methoxy groups -OCH3 is 1. The summed E-state index contributed by atoms with van der Waals surface area (Å²) in [4.78, 5) is 12.5. The van der Waals surface area contributed by atoms with Crippen molar-refractivity contribution < 1.29 is 23.7 Å². The zero-order valence-corrected chi connectivity index (χ0v) is 16.5. The minimum atomic E-state index is -0.201. The Bertz CT molecular complexity index is 902. The molecule has 0 bridgehead atoms. The Kier molecular flexibility index (Phi) is 5.71. The van der Waals surface area contributed by atoms with Crippen LogP contribution >= 0.6 is 0 Å². The van der Waals surface area contributed by atoms with Crippen molar-refractivity contribution in [2.24, 2.45) is 0 Å². The molecule has 2 aliphatic heterocycles. The molecular weight excluding hydrogens is 370 g/mol. The van der Waals surface area contributed by atoms with E-state index in [1.807, 2.05) is 36.4 Å². The number of carbonyl (C=O) groups is 1. The summed E-state index contributed by atoms with van der Waals surface area (Å²) in [6.45, 7) is 2.10. The van der Waals surface area contributed by atoms with Gasteiger partial charge in [-0.2, -0.15) is 0 Å². The van der Waals surface area contributed by atoms with Gasteiger partial charge in [0.2, 0.25) is 12.7 Å². The quantitative estimate of drug-likeness (QED) is 0.761. The summed E-state index contributed by atoms with van der Waals surface area (Å²) >= 11 is 0. The maximum atomic E-state index is 12.5. The molecule has 6 nitrogen and oxygen atoms in total. The lowest BCUT2D eigenvalue weighted by Gasteiger charge is -2.38. The predicted octanol–water partition coefficient (Wildman–Crippen LogP) is 3.30. The van der Waals surface area contributed by atoms with Crippen LogP contribution in [0.3, 0.4) is 0 Å². The van der Waals surface area contributed by atoms with Gasteiger partial charge in [0.15, 0.2) is 11.5 Å². The van der Waals surface area contributed by atoms with Gasteiger partial charge in [-0.05, 0) is 42.7 Å². The lowest BCUT2D eigenvalue weighted by atomic mass is 9.73. The van der Waals surface area contributed by atoms with Crippen LogP contribution in [0.25, 0.3) is 6.08 Å². The van der Waals surface area contributed by atoms with E-state index in [0.29, 0.717) is 25.5 Å². The fourth-order valence-corrected chi connectivity index (χ4v) is 3.89. The van der Waals surface area contributed by atoms with E-state index in [1.165, 1.54) is 0 Å². The molecule has 4 rings (SSSR count). The fraction of sp³-hybridized carbons (Fsp3) is 0.348. The van der Waals surface area contributed by atoms with Crippen molar-refractivity contribution >= 4 is 12.0 Å². The molecule has 0 aliphatic carbocycles. The summed E-state index contributed by atoms with van der Waals surface area (Å²) in [5.74, 6) is 2.14. The smallest absolute Gasteiger partial charge is 0.244 e. The molecule has 1 amide bonds. The highest BCUT2D eigenvalue weighted by Gasteiger charge is 2.36. The third kappa shape index (κ3) is 4.22. The van der Waals surface area contributed by atoms with Gasteiger partial charge >= 0.3 is 0 Å². The van der Waals surface area contributed by atoms with Gasteiger partial charge < -0.3 is 24.3 Å². The Morgan fingerprint density at radius 1 is 1.14 bits per heavy atom. The van der Waals surface area contributed by atoms with E-state index < -0.39 is 0 Å².